The van der Waals surface area contributed by atoms with Gasteiger partial charge in [0.2, 0.25) is 5.91 Å². The molecule has 0 saturated heterocycles. The Morgan fingerprint density at radius 2 is 1.77 bits per heavy atom. The van der Waals surface area contributed by atoms with Crippen LogP contribution in [0.4, 0.5) is 17.6 Å². The van der Waals surface area contributed by atoms with E-state index in [2.05, 4.69) is 0 Å². The Hall–Kier alpha value is -2.93. The fourth-order valence-corrected chi connectivity index (χ4v) is 4.79. The quantitative estimate of drug-likeness (QED) is 0.728. The number of hydrogen-bond acceptors (Lipinski definition) is 4. The Morgan fingerprint density at radius 3 is 2.33 bits per heavy atom. The number of amides is 1. The highest BCUT2D eigenvalue weighted by Crippen LogP contribution is 2.42. The van der Waals surface area contributed by atoms with Gasteiger partial charge in [0, 0.05) is 0 Å². The molecule has 0 radical (unpaired) electrons. The molecular weight excluding hydrogens is 424 g/mol. The van der Waals surface area contributed by atoms with Gasteiger partial charge in [-0.15, -0.1) is 0 Å². The number of rotatable bonds is 4. The summed E-state index contributed by atoms with van der Waals surface area (Å²) >= 11 is 0. The molecule has 1 aliphatic carbocycles. The molecular formula is C20H16F4N2O3S. The lowest BCUT2D eigenvalue weighted by atomic mass is 9.78. The summed E-state index contributed by atoms with van der Waals surface area (Å²) in [4.78, 5) is 12.2. The summed E-state index contributed by atoms with van der Waals surface area (Å²) in [5.41, 5.74) is -3.14. The number of hydrogen-bond donors (Lipinski definition) is 1. The van der Waals surface area contributed by atoms with E-state index < -0.39 is 49.4 Å². The molecule has 30 heavy (non-hydrogen) atoms. The molecule has 1 fully saturated rings. The predicted octanol–water partition coefficient (Wildman–Crippen LogP) is 4.03. The van der Waals surface area contributed by atoms with Crippen molar-refractivity contribution in [1.82, 2.24) is 4.72 Å². The molecule has 2 aromatic carbocycles. The third-order valence-electron chi connectivity index (χ3n) is 5.22. The van der Waals surface area contributed by atoms with Crippen LogP contribution in [0, 0.1) is 17.1 Å². The van der Waals surface area contributed by atoms with Gasteiger partial charge in [-0.3, -0.25) is 4.79 Å². The lowest BCUT2D eigenvalue weighted by molar-refractivity contribution is -0.138. The second-order valence-corrected chi connectivity index (χ2v) is 8.73. The van der Waals surface area contributed by atoms with Crippen molar-refractivity contribution in [3.05, 3.63) is 65.0 Å². The van der Waals surface area contributed by atoms with Crippen LogP contribution < -0.4 is 4.72 Å². The Balaban J connectivity index is 1.99. The van der Waals surface area contributed by atoms with Gasteiger partial charge < -0.3 is 0 Å². The molecule has 0 aromatic heterocycles. The Labute approximate surface area is 170 Å². The number of halogens is 4. The van der Waals surface area contributed by atoms with Crippen molar-refractivity contribution in [2.75, 3.05) is 0 Å². The molecule has 158 valence electrons. The lowest BCUT2D eigenvalue weighted by Crippen LogP contribution is -2.45. The van der Waals surface area contributed by atoms with E-state index in [1.165, 1.54) is 24.3 Å². The van der Waals surface area contributed by atoms with Gasteiger partial charge in [0.05, 0.1) is 27.5 Å². The number of nitrogens with one attached hydrogen (secondary N) is 1. The van der Waals surface area contributed by atoms with Crippen LogP contribution in [0.25, 0.3) is 0 Å². The van der Waals surface area contributed by atoms with Crippen LogP contribution >= 0.6 is 0 Å². The first kappa shape index (κ1) is 21.8. The van der Waals surface area contributed by atoms with Crippen LogP contribution in [0.2, 0.25) is 0 Å². The summed E-state index contributed by atoms with van der Waals surface area (Å²) in [6.07, 6.45) is -3.18. The third-order valence-corrected chi connectivity index (χ3v) is 6.55. The van der Waals surface area contributed by atoms with E-state index in [1.54, 1.807) is 0 Å². The zero-order valence-corrected chi connectivity index (χ0v) is 16.3. The Morgan fingerprint density at radius 1 is 1.10 bits per heavy atom. The first-order chi connectivity index (χ1) is 14.0. The molecule has 1 saturated carbocycles. The molecule has 3 rings (SSSR count). The van der Waals surface area contributed by atoms with Crippen LogP contribution in [-0.4, -0.2) is 14.3 Å². The minimum Gasteiger partial charge on any atom is -0.273 e. The molecule has 0 heterocycles. The van der Waals surface area contributed by atoms with E-state index in [4.69, 9.17) is 5.26 Å². The molecule has 1 aliphatic rings. The van der Waals surface area contributed by atoms with Crippen LogP contribution in [0.3, 0.4) is 0 Å². The summed E-state index contributed by atoms with van der Waals surface area (Å²) in [6.45, 7) is 0. The monoisotopic (exact) mass is 440 g/mol. The van der Waals surface area contributed by atoms with E-state index in [9.17, 15) is 30.8 Å². The van der Waals surface area contributed by atoms with Crippen LogP contribution in [-0.2, 0) is 26.4 Å². The maximum atomic E-state index is 13.7. The number of nitrogens with zero attached hydrogens (tertiary/aromatic N) is 1. The smallest absolute Gasteiger partial charge is 0.273 e. The molecule has 1 N–H and O–H groups in total. The van der Waals surface area contributed by atoms with Gasteiger partial charge in [-0.25, -0.2) is 17.5 Å². The van der Waals surface area contributed by atoms with Gasteiger partial charge in [0.1, 0.15) is 5.82 Å². The van der Waals surface area contributed by atoms with E-state index >= 15 is 0 Å². The molecule has 1 amide bonds. The lowest BCUT2D eigenvalue weighted by Gasteiger charge is -2.28. The minimum absolute atomic E-state index is 0.277. The zero-order chi connectivity index (χ0) is 22.2. The van der Waals surface area contributed by atoms with E-state index in [0.717, 1.165) is 18.2 Å². The maximum Gasteiger partial charge on any atom is 0.417 e. The maximum absolute atomic E-state index is 13.7. The van der Waals surface area contributed by atoms with Crippen molar-refractivity contribution in [1.29, 1.82) is 5.26 Å². The number of carbonyl (C=O) groups excluding carboxylic acids is 1. The average molecular weight is 440 g/mol. The molecule has 0 aliphatic heterocycles. The number of carbonyl (C=O) groups is 1. The Bertz CT molecular complexity index is 1130. The SMILES string of the molecule is N#Cc1ccc(S(=O)(=O)NC(=O)C2(c3cccc(F)c3)CCCC2)cc1C(F)(F)F. The largest absolute Gasteiger partial charge is 0.417 e. The van der Waals surface area contributed by atoms with Gasteiger partial charge in [-0.1, -0.05) is 25.0 Å². The molecule has 0 atom stereocenters. The number of benzene rings is 2. The van der Waals surface area contributed by atoms with Gasteiger partial charge in [0.15, 0.2) is 0 Å². The number of alkyl halides is 3. The second kappa shape index (κ2) is 7.72. The summed E-state index contributed by atoms with van der Waals surface area (Å²) in [5.74, 6) is -1.51. The van der Waals surface area contributed by atoms with Gasteiger partial charge in [-0.05, 0) is 48.7 Å². The molecule has 0 unspecified atom stereocenters. The number of sulfonamides is 1. The summed E-state index contributed by atoms with van der Waals surface area (Å²) in [5, 5.41) is 8.85. The fraction of sp³-hybridized carbons (Fsp3) is 0.300. The summed E-state index contributed by atoms with van der Waals surface area (Å²) in [6, 6.07) is 8.51. The second-order valence-electron chi connectivity index (χ2n) is 7.05. The van der Waals surface area contributed by atoms with Gasteiger partial charge >= 0.3 is 6.18 Å². The Kier molecular flexibility index (Phi) is 5.60. The topological polar surface area (TPSA) is 87.0 Å². The van der Waals surface area contributed by atoms with E-state index in [-0.39, 0.29) is 12.8 Å². The van der Waals surface area contributed by atoms with Crippen molar-refractivity contribution >= 4 is 15.9 Å². The normalized spacial score (nSPS) is 16.1. The van der Waals surface area contributed by atoms with Gasteiger partial charge in [0.25, 0.3) is 10.0 Å². The highest BCUT2D eigenvalue weighted by Gasteiger charge is 2.44. The summed E-state index contributed by atoms with van der Waals surface area (Å²) in [7, 11) is -4.66. The third kappa shape index (κ3) is 4.03. The highest BCUT2D eigenvalue weighted by atomic mass is 32.2. The van der Waals surface area contributed by atoms with Crippen molar-refractivity contribution < 1.29 is 30.8 Å². The van der Waals surface area contributed by atoms with Gasteiger partial charge in [-0.2, -0.15) is 18.4 Å². The first-order valence-electron chi connectivity index (χ1n) is 8.94. The van der Waals surface area contributed by atoms with Crippen LogP contribution in [0.5, 0.6) is 0 Å². The predicted molar refractivity (Wildman–Crippen MR) is 98.0 cm³/mol. The summed E-state index contributed by atoms with van der Waals surface area (Å²) < 4.78 is 80.4. The van der Waals surface area contributed by atoms with E-state index in [0.29, 0.717) is 24.5 Å². The van der Waals surface area contributed by atoms with Crippen molar-refractivity contribution in [2.45, 2.75) is 42.2 Å². The standard InChI is InChI=1S/C20H16F4N2O3S/c21-15-5-3-4-14(10-15)19(8-1-2-9-19)18(27)26-30(28,29)16-7-6-13(12-25)17(11-16)20(22,23)24/h3-7,10-11H,1-2,8-9H2,(H,26,27). The average Bonchev–Trinajstić information content (AvgIpc) is 3.18. The van der Waals surface area contributed by atoms with Crippen molar-refractivity contribution in [3.63, 3.8) is 0 Å². The van der Waals surface area contributed by atoms with Crippen molar-refractivity contribution in [3.8, 4) is 6.07 Å². The molecule has 0 bridgehead atoms. The van der Waals surface area contributed by atoms with Crippen molar-refractivity contribution in [2.24, 2.45) is 0 Å². The van der Waals surface area contributed by atoms with Crippen LogP contribution in [0.15, 0.2) is 47.4 Å². The van der Waals surface area contributed by atoms with E-state index in [1.807, 2.05) is 4.72 Å². The molecule has 2 aromatic rings. The molecule has 10 heteroatoms. The molecule has 0 spiro atoms. The number of nitriles is 1. The fourth-order valence-electron chi connectivity index (χ4n) is 3.71. The molecule has 5 nitrogen and oxygen atoms in total. The minimum atomic E-state index is -4.95. The van der Waals surface area contributed by atoms with Crippen LogP contribution in [0.1, 0.15) is 42.4 Å². The zero-order valence-electron chi connectivity index (χ0n) is 15.5. The highest BCUT2D eigenvalue weighted by molar-refractivity contribution is 7.90. The first-order valence-corrected chi connectivity index (χ1v) is 10.4.